The van der Waals surface area contributed by atoms with Crippen LogP contribution >= 0.6 is 0 Å². The average Bonchev–Trinajstić information content (AvgIpc) is 2.93. The summed E-state index contributed by atoms with van der Waals surface area (Å²) in [6, 6.07) is 8.21. The maximum atomic E-state index is 12.8. The van der Waals surface area contributed by atoms with Gasteiger partial charge in [-0.2, -0.15) is 0 Å². The lowest BCUT2D eigenvalue weighted by Crippen LogP contribution is -2.58. The minimum absolute atomic E-state index is 0.0675. The number of aryl methyl sites for hydroxylation is 1. The Morgan fingerprint density at radius 1 is 1.29 bits per heavy atom. The zero-order valence-corrected chi connectivity index (χ0v) is 13.0. The fraction of sp³-hybridized carbons (Fsp3) is 0.588. The molecule has 2 aliphatic rings. The standard InChI is InChI=1S/C17H25N3O/c1-12-5-7-14(8-6-12)16(18)17(21)20-11-15-4-3-9-19(15)10-13(20)2/h5-8,13,15-16H,3-4,9-11,18H2,1-2H3. The van der Waals surface area contributed by atoms with Gasteiger partial charge in [0.05, 0.1) is 0 Å². The van der Waals surface area contributed by atoms with E-state index >= 15 is 0 Å². The highest BCUT2D eigenvalue weighted by atomic mass is 16.2. The van der Waals surface area contributed by atoms with Crippen LogP contribution in [0.15, 0.2) is 24.3 Å². The van der Waals surface area contributed by atoms with Gasteiger partial charge in [-0.25, -0.2) is 0 Å². The molecule has 3 atom stereocenters. The van der Waals surface area contributed by atoms with Gasteiger partial charge >= 0.3 is 0 Å². The molecule has 3 unspecified atom stereocenters. The van der Waals surface area contributed by atoms with E-state index in [0.29, 0.717) is 6.04 Å². The maximum absolute atomic E-state index is 12.8. The molecule has 1 aromatic rings. The number of nitrogens with two attached hydrogens (primary N) is 1. The number of carbonyl (C=O) groups excluding carboxylic acids is 1. The molecular formula is C17H25N3O. The molecule has 1 amide bonds. The van der Waals surface area contributed by atoms with Crippen molar-refractivity contribution in [1.82, 2.24) is 9.80 Å². The Morgan fingerprint density at radius 2 is 2.00 bits per heavy atom. The zero-order chi connectivity index (χ0) is 15.0. The Kier molecular flexibility index (Phi) is 4.00. The van der Waals surface area contributed by atoms with E-state index in [1.165, 1.54) is 24.9 Å². The SMILES string of the molecule is Cc1ccc(C(N)C(=O)N2CC3CCCN3CC2C)cc1. The second-order valence-electron chi connectivity index (χ2n) is 6.52. The molecular weight excluding hydrogens is 262 g/mol. The Labute approximate surface area is 126 Å². The third-order valence-electron chi connectivity index (χ3n) is 4.92. The van der Waals surface area contributed by atoms with Crippen LogP contribution < -0.4 is 5.73 Å². The summed E-state index contributed by atoms with van der Waals surface area (Å²) in [5.41, 5.74) is 8.31. The monoisotopic (exact) mass is 287 g/mol. The van der Waals surface area contributed by atoms with Gasteiger partial charge in [-0.05, 0) is 38.8 Å². The van der Waals surface area contributed by atoms with Gasteiger partial charge in [0.15, 0.2) is 0 Å². The van der Waals surface area contributed by atoms with E-state index in [-0.39, 0.29) is 11.9 Å². The fourth-order valence-corrected chi connectivity index (χ4v) is 3.59. The molecule has 0 spiro atoms. The van der Waals surface area contributed by atoms with Gasteiger partial charge in [0.25, 0.3) is 0 Å². The molecule has 0 saturated carbocycles. The van der Waals surface area contributed by atoms with Crippen molar-refractivity contribution in [1.29, 1.82) is 0 Å². The first kappa shape index (κ1) is 14.5. The molecule has 2 N–H and O–H groups in total. The Bertz CT molecular complexity index is 513. The molecule has 1 aromatic carbocycles. The predicted molar refractivity (Wildman–Crippen MR) is 83.9 cm³/mol. The summed E-state index contributed by atoms with van der Waals surface area (Å²) in [5, 5.41) is 0. The smallest absolute Gasteiger partial charge is 0.244 e. The van der Waals surface area contributed by atoms with Crippen molar-refractivity contribution in [3.8, 4) is 0 Å². The maximum Gasteiger partial charge on any atom is 0.244 e. The molecule has 0 aliphatic carbocycles. The number of piperazine rings is 1. The number of carbonyl (C=O) groups is 1. The molecule has 0 bridgehead atoms. The number of hydrogen-bond acceptors (Lipinski definition) is 3. The fourth-order valence-electron chi connectivity index (χ4n) is 3.59. The number of benzene rings is 1. The van der Waals surface area contributed by atoms with Crippen LogP contribution in [0.5, 0.6) is 0 Å². The summed E-state index contributed by atoms with van der Waals surface area (Å²) in [6.45, 7) is 7.17. The summed E-state index contributed by atoms with van der Waals surface area (Å²) < 4.78 is 0. The van der Waals surface area contributed by atoms with Crippen molar-refractivity contribution in [3.05, 3.63) is 35.4 Å². The second-order valence-corrected chi connectivity index (χ2v) is 6.52. The van der Waals surface area contributed by atoms with Gasteiger partial charge in [-0.15, -0.1) is 0 Å². The van der Waals surface area contributed by atoms with Gasteiger partial charge in [0.1, 0.15) is 6.04 Å². The topological polar surface area (TPSA) is 49.6 Å². The molecule has 0 radical (unpaired) electrons. The molecule has 21 heavy (non-hydrogen) atoms. The Balaban J connectivity index is 1.73. The first-order valence-corrected chi connectivity index (χ1v) is 7.93. The lowest BCUT2D eigenvalue weighted by Gasteiger charge is -2.43. The van der Waals surface area contributed by atoms with Crippen LogP contribution in [-0.2, 0) is 4.79 Å². The van der Waals surface area contributed by atoms with Crippen molar-refractivity contribution in [2.45, 2.75) is 44.8 Å². The minimum Gasteiger partial charge on any atom is -0.335 e. The van der Waals surface area contributed by atoms with Crippen molar-refractivity contribution >= 4 is 5.91 Å². The van der Waals surface area contributed by atoms with E-state index in [4.69, 9.17) is 5.73 Å². The third-order valence-corrected chi connectivity index (χ3v) is 4.92. The number of amides is 1. The van der Waals surface area contributed by atoms with Crippen molar-refractivity contribution in [3.63, 3.8) is 0 Å². The summed E-state index contributed by atoms with van der Waals surface area (Å²) in [5.74, 6) is 0.0675. The highest BCUT2D eigenvalue weighted by Crippen LogP contribution is 2.26. The lowest BCUT2D eigenvalue weighted by atomic mass is 10.0. The zero-order valence-electron chi connectivity index (χ0n) is 13.0. The van der Waals surface area contributed by atoms with Gasteiger partial charge in [0, 0.05) is 25.2 Å². The molecule has 2 saturated heterocycles. The van der Waals surface area contributed by atoms with E-state index in [0.717, 1.165) is 18.7 Å². The first-order chi connectivity index (χ1) is 10.1. The summed E-state index contributed by atoms with van der Waals surface area (Å²) in [7, 11) is 0. The molecule has 4 nitrogen and oxygen atoms in total. The third kappa shape index (κ3) is 2.83. The lowest BCUT2D eigenvalue weighted by molar-refractivity contribution is -0.138. The molecule has 114 valence electrons. The van der Waals surface area contributed by atoms with Gasteiger partial charge < -0.3 is 10.6 Å². The highest BCUT2D eigenvalue weighted by molar-refractivity contribution is 5.83. The second kappa shape index (κ2) is 5.78. The molecule has 4 heteroatoms. The van der Waals surface area contributed by atoms with Crippen molar-refractivity contribution < 1.29 is 4.79 Å². The van der Waals surface area contributed by atoms with E-state index < -0.39 is 6.04 Å². The van der Waals surface area contributed by atoms with Crippen LogP contribution in [0.3, 0.4) is 0 Å². The summed E-state index contributed by atoms with van der Waals surface area (Å²) >= 11 is 0. The minimum atomic E-state index is -0.541. The summed E-state index contributed by atoms with van der Waals surface area (Å²) in [6.07, 6.45) is 2.46. The number of hydrogen-bond donors (Lipinski definition) is 1. The Morgan fingerprint density at radius 3 is 2.71 bits per heavy atom. The van der Waals surface area contributed by atoms with Crippen LogP contribution in [-0.4, -0.2) is 47.4 Å². The van der Waals surface area contributed by atoms with Crippen LogP contribution in [0.2, 0.25) is 0 Å². The van der Waals surface area contributed by atoms with Crippen molar-refractivity contribution in [2.24, 2.45) is 5.73 Å². The van der Waals surface area contributed by atoms with E-state index in [1.54, 1.807) is 0 Å². The van der Waals surface area contributed by atoms with Gasteiger partial charge in [-0.1, -0.05) is 29.8 Å². The largest absolute Gasteiger partial charge is 0.335 e. The number of rotatable bonds is 2. The van der Waals surface area contributed by atoms with Crippen LogP contribution in [0.4, 0.5) is 0 Å². The Hall–Kier alpha value is -1.39. The molecule has 3 rings (SSSR count). The highest BCUT2D eigenvalue weighted by Gasteiger charge is 2.37. The van der Waals surface area contributed by atoms with Crippen molar-refractivity contribution in [2.75, 3.05) is 19.6 Å². The molecule has 2 fully saturated rings. The molecule has 2 aliphatic heterocycles. The van der Waals surface area contributed by atoms with E-state index in [2.05, 4.69) is 11.8 Å². The number of fused-ring (bicyclic) bond motifs is 1. The summed E-state index contributed by atoms with van der Waals surface area (Å²) in [4.78, 5) is 17.3. The quantitative estimate of drug-likeness (QED) is 0.900. The van der Waals surface area contributed by atoms with Crippen LogP contribution in [0, 0.1) is 6.92 Å². The normalized spacial score (nSPS) is 27.5. The van der Waals surface area contributed by atoms with Gasteiger partial charge in [0.2, 0.25) is 5.91 Å². The molecule has 2 heterocycles. The van der Waals surface area contributed by atoms with Gasteiger partial charge in [-0.3, -0.25) is 9.69 Å². The number of nitrogens with zero attached hydrogens (tertiary/aromatic N) is 2. The van der Waals surface area contributed by atoms with Crippen LogP contribution in [0.25, 0.3) is 0 Å². The predicted octanol–water partition coefficient (Wildman–Crippen LogP) is 1.69. The molecule has 0 aromatic heterocycles. The average molecular weight is 287 g/mol. The van der Waals surface area contributed by atoms with E-state index in [9.17, 15) is 4.79 Å². The van der Waals surface area contributed by atoms with Crippen LogP contribution in [0.1, 0.15) is 36.9 Å². The van der Waals surface area contributed by atoms with E-state index in [1.807, 2.05) is 36.1 Å². The first-order valence-electron chi connectivity index (χ1n) is 7.93.